The summed E-state index contributed by atoms with van der Waals surface area (Å²) >= 11 is 0. The van der Waals surface area contributed by atoms with Crippen LogP contribution in [0.15, 0.2) is 24.3 Å². The van der Waals surface area contributed by atoms with Crippen molar-refractivity contribution >= 4 is 11.9 Å². The molecular weight excluding hydrogens is 358 g/mol. The number of likely N-dealkylation sites (N-methyl/N-ethyl adjacent to an activating group) is 1. The number of benzene rings is 1. The summed E-state index contributed by atoms with van der Waals surface area (Å²) in [5, 5.41) is 18.4. The SMILES string of the molecule is C[C@@H](Oc1ccc(C#N)cc1)C(=O)O[C@H](C)C(=O)N(C)C1(C#N)CCCCC1. The molecule has 1 aliphatic rings. The Morgan fingerprint density at radius 3 is 2.21 bits per heavy atom. The Kier molecular flexibility index (Phi) is 7.00. The molecule has 1 saturated carbocycles. The van der Waals surface area contributed by atoms with Crippen LogP contribution in [-0.4, -0.2) is 41.6 Å². The number of esters is 1. The van der Waals surface area contributed by atoms with Gasteiger partial charge >= 0.3 is 5.97 Å². The van der Waals surface area contributed by atoms with E-state index in [1.54, 1.807) is 31.3 Å². The average Bonchev–Trinajstić information content (AvgIpc) is 2.73. The topological polar surface area (TPSA) is 103 Å². The molecule has 1 fully saturated rings. The molecule has 1 amide bonds. The molecule has 7 heteroatoms. The molecule has 148 valence electrons. The first kappa shape index (κ1) is 21.2. The lowest BCUT2D eigenvalue weighted by molar-refractivity contribution is -0.165. The van der Waals surface area contributed by atoms with Gasteiger partial charge in [0.15, 0.2) is 12.2 Å². The van der Waals surface area contributed by atoms with Gasteiger partial charge in [-0.05, 0) is 51.0 Å². The lowest BCUT2D eigenvalue weighted by atomic mass is 9.81. The zero-order valence-corrected chi connectivity index (χ0v) is 16.5. The number of ether oxygens (including phenoxy) is 2. The fourth-order valence-electron chi connectivity index (χ4n) is 3.32. The maximum absolute atomic E-state index is 12.7. The Morgan fingerprint density at radius 2 is 1.68 bits per heavy atom. The highest BCUT2D eigenvalue weighted by atomic mass is 16.6. The van der Waals surface area contributed by atoms with Crippen LogP contribution < -0.4 is 4.74 Å². The van der Waals surface area contributed by atoms with Gasteiger partial charge in [-0.2, -0.15) is 10.5 Å². The largest absolute Gasteiger partial charge is 0.479 e. The van der Waals surface area contributed by atoms with Crippen LogP contribution >= 0.6 is 0 Å². The first-order chi connectivity index (χ1) is 13.3. The molecule has 28 heavy (non-hydrogen) atoms. The molecular formula is C21H25N3O4. The number of hydrogen-bond donors (Lipinski definition) is 0. The second-order valence-corrected chi connectivity index (χ2v) is 7.08. The molecule has 2 rings (SSSR count). The molecule has 0 heterocycles. The molecule has 0 N–H and O–H groups in total. The van der Waals surface area contributed by atoms with Crippen molar-refractivity contribution < 1.29 is 19.1 Å². The van der Waals surface area contributed by atoms with Crippen LogP contribution in [0.3, 0.4) is 0 Å². The molecule has 1 aromatic carbocycles. The summed E-state index contributed by atoms with van der Waals surface area (Å²) in [6.45, 7) is 3.03. The molecule has 0 saturated heterocycles. The summed E-state index contributed by atoms with van der Waals surface area (Å²) in [6, 6.07) is 10.6. The Labute approximate surface area is 165 Å². The van der Waals surface area contributed by atoms with Gasteiger partial charge in [0.1, 0.15) is 11.3 Å². The highest BCUT2D eigenvalue weighted by molar-refractivity contribution is 5.85. The summed E-state index contributed by atoms with van der Waals surface area (Å²) in [5.41, 5.74) is -0.348. The van der Waals surface area contributed by atoms with Gasteiger partial charge < -0.3 is 14.4 Å². The van der Waals surface area contributed by atoms with Crippen LogP contribution in [-0.2, 0) is 14.3 Å². The minimum Gasteiger partial charge on any atom is -0.479 e. The molecule has 0 spiro atoms. The van der Waals surface area contributed by atoms with Crippen molar-refractivity contribution in [1.82, 2.24) is 4.90 Å². The van der Waals surface area contributed by atoms with Crippen molar-refractivity contribution in [3.05, 3.63) is 29.8 Å². The summed E-state index contributed by atoms with van der Waals surface area (Å²) < 4.78 is 10.8. The minimum absolute atomic E-state index is 0.401. The van der Waals surface area contributed by atoms with E-state index in [1.807, 2.05) is 6.07 Å². The highest BCUT2D eigenvalue weighted by Gasteiger charge is 2.41. The smallest absolute Gasteiger partial charge is 0.347 e. The lowest BCUT2D eigenvalue weighted by Gasteiger charge is -2.39. The first-order valence-corrected chi connectivity index (χ1v) is 9.39. The summed E-state index contributed by atoms with van der Waals surface area (Å²) in [6.07, 6.45) is 2.17. The Bertz CT molecular complexity index is 785. The van der Waals surface area contributed by atoms with Gasteiger partial charge in [-0.15, -0.1) is 0 Å². The Morgan fingerprint density at radius 1 is 1.07 bits per heavy atom. The number of nitriles is 2. The third kappa shape index (κ3) is 4.80. The average molecular weight is 383 g/mol. The van der Waals surface area contributed by atoms with Gasteiger partial charge in [0.25, 0.3) is 5.91 Å². The van der Waals surface area contributed by atoms with Gasteiger partial charge in [-0.3, -0.25) is 4.79 Å². The summed E-state index contributed by atoms with van der Waals surface area (Å²) in [5.74, 6) is -0.652. The second kappa shape index (κ2) is 9.23. The molecule has 0 radical (unpaired) electrons. The number of rotatable bonds is 6. The van der Waals surface area contributed by atoms with E-state index in [1.165, 1.54) is 18.7 Å². The van der Waals surface area contributed by atoms with Crippen LogP contribution in [0.25, 0.3) is 0 Å². The van der Waals surface area contributed by atoms with E-state index in [4.69, 9.17) is 14.7 Å². The van der Waals surface area contributed by atoms with E-state index in [0.717, 1.165) is 19.3 Å². The van der Waals surface area contributed by atoms with Crippen LogP contribution in [0.4, 0.5) is 0 Å². The molecule has 0 aliphatic heterocycles. The van der Waals surface area contributed by atoms with E-state index in [-0.39, 0.29) is 0 Å². The molecule has 2 atom stereocenters. The molecule has 0 bridgehead atoms. The number of carbonyl (C=O) groups excluding carboxylic acids is 2. The van der Waals surface area contributed by atoms with Crippen LogP contribution in [0.2, 0.25) is 0 Å². The van der Waals surface area contributed by atoms with Gasteiger partial charge in [-0.25, -0.2) is 4.79 Å². The van der Waals surface area contributed by atoms with E-state index in [2.05, 4.69) is 6.07 Å². The predicted octanol–water partition coefficient (Wildman–Crippen LogP) is 2.94. The van der Waals surface area contributed by atoms with Gasteiger partial charge in [0.2, 0.25) is 0 Å². The Hall–Kier alpha value is -3.06. The highest BCUT2D eigenvalue weighted by Crippen LogP contribution is 2.33. The van der Waals surface area contributed by atoms with E-state index in [0.29, 0.717) is 24.2 Å². The number of amides is 1. The standard InChI is InChI=1S/C21H25N3O4/c1-15(19(25)24(3)21(14-23)11-5-4-6-12-21)28-20(26)16(2)27-18-9-7-17(13-22)8-10-18/h7-10,15-16H,4-6,11-12H2,1-3H3/t15-,16-/m1/s1. The van der Waals surface area contributed by atoms with Crippen molar-refractivity contribution in [2.75, 3.05) is 7.05 Å². The summed E-state index contributed by atoms with van der Waals surface area (Å²) in [4.78, 5) is 26.4. The zero-order valence-electron chi connectivity index (χ0n) is 16.5. The zero-order chi connectivity index (χ0) is 20.7. The molecule has 7 nitrogen and oxygen atoms in total. The van der Waals surface area contributed by atoms with Crippen molar-refractivity contribution in [2.45, 2.75) is 63.7 Å². The molecule has 1 aliphatic carbocycles. The van der Waals surface area contributed by atoms with E-state index < -0.39 is 29.6 Å². The van der Waals surface area contributed by atoms with Crippen LogP contribution in [0.1, 0.15) is 51.5 Å². The maximum Gasteiger partial charge on any atom is 0.347 e. The van der Waals surface area contributed by atoms with Crippen molar-refractivity contribution in [1.29, 1.82) is 10.5 Å². The van der Waals surface area contributed by atoms with E-state index in [9.17, 15) is 14.9 Å². The Balaban J connectivity index is 1.95. The minimum atomic E-state index is -1.02. The fraction of sp³-hybridized carbons (Fsp3) is 0.524. The third-order valence-corrected chi connectivity index (χ3v) is 5.13. The van der Waals surface area contributed by atoms with Crippen LogP contribution in [0.5, 0.6) is 5.75 Å². The number of hydrogen-bond acceptors (Lipinski definition) is 6. The second-order valence-electron chi connectivity index (χ2n) is 7.08. The van der Waals surface area contributed by atoms with Crippen molar-refractivity contribution in [3.8, 4) is 17.9 Å². The lowest BCUT2D eigenvalue weighted by Crippen LogP contribution is -2.53. The summed E-state index contributed by atoms with van der Waals surface area (Å²) in [7, 11) is 1.60. The van der Waals surface area contributed by atoms with Gasteiger partial charge in [-0.1, -0.05) is 19.3 Å². The maximum atomic E-state index is 12.7. The van der Waals surface area contributed by atoms with Gasteiger partial charge in [0, 0.05) is 7.05 Å². The van der Waals surface area contributed by atoms with Crippen LogP contribution in [0, 0.1) is 22.7 Å². The molecule has 1 aromatic rings. The van der Waals surface area contributed by atoms with Crippen molar-refractivity contribution in [3.63, 3.8) is 0 Å². The molecule has 0 aromatic heterocycles. The number of carbonyl (C=O) groups is 2. The normalized spacial score (nSPS) is 17.3. The quantitative estimate of drug-likeness (QED) is 0.700. The number of nitrogens with zero attached hydrogens (tertiary/aromatic N) is 3. The van der Waals surface area contributed by atoms with Crippen molar-refractivity contribution in [2.24, 2.45) is 0 Å². The third-order valence-electron chi connectivity index (χ3n) is 5.13. The predicted molar refractivity (Wildman–Crippen MR) is 101 cm³/mol. The van der Waals surface area contributed by atoms with E-state index >= 15 is 0 Å². The van der Waals surface area contributed by atoms with Gasteiger partial charge in [0.05, 0.1) is 17.7 Å². The molecule has 0 unspecified atom stereocenters. The monoisotopic (exact) mass is 383 g/mol. The fourth-order valence-corrected chi connectivity index (χ4v) is 3.32. The first-order valence-electron chi connectivity index (χ1n) is 9.39.